The number of anilines is 1. The van der Waals surface area contributed by atoms with Crippen molar-refractivity contribution < 1.29 is 14.3 Å². The average Bonchev–Trinajstić information content (AvgIpc) is 2.67. The van der Waals surface area contributed by atoms with Gasteiger partial charge in [0.15, 0.2) is 5.11 Å². The highest BCUT2D eigenvalue weighted by Crippen LogP contribution is 2.19. The molecule has 5 nitrogen and oxygen atoms in total. The van der Waals surface area contributed by atoms with E-state index in [1.54, 1.807) is 30.3 Å². The molecule has 0 unspecified atom stereocenters. The number of benzene rings is 2. The summed E-state index contributed by atoms with van der Waals surface area (Å²) in [5, 5.41) is 5.86. The summed E-state index contributed by atoms with van der Waals surface area (Å²) in [6, 6.07) is 14.4. The number of carbonyl (C=O) groups is 1. The zero-order chi connectivity index (χ0) is 19.5. The average molecular weight is 385 g/mol. The largest absolute Gasteiger partial charge is 0.493 e. The van der Waals surface area contributed by atoms with Gasteiger partial charge in [0.1, 0.15) is 18.1 Å². The Bertz CT molecular complexity index is 793. The van der Waals surface area contributed by atoms with Crippen LogP contribution in [0.5, 0.6) is 11.5 Å². The minimum absolute atomic E-state index is 0.198. The SMILES string of the molecule is C=CCOc1cccc(NC(=S)NC(=O)c2ccccc2OCCCC)c1. The van der Waals surface area contributed by atoms with Gasteiger partial charge in [0, 0.05) is 11.8 Å². The molecule has 0 aliphatic carbocycles. The van der Waals surface area contributed by atoms with E-state index in [9.17, 15) is 4.79 Å². The van der Waals surface area contributed by atoms with E-state index in [4.69, 9.17) is 21.7 Å². The number of nitrogens with one attached hydrogen (secondary N) is 2. The molecule has 2 rings (SSSR count). The topological polar surface area (TPSA) is 59.6 Å². The lowest BCUT2D eigenvalue weighted by atomic mass is 10.2. The van der Waals surface area contributed by atoms with Gasteiger partial charge in [-0.15, -0.1) is 0 Å². The third-order valence-electron chi connectivity index (χ3n) is 3.57. The van der Waals surface area contributed by atoms with Crippen LogP contribution in [0.15, 0.2) is 61.2 Å². The lowest BCUT2D eigenvalue weighted by Crippen LogP contribution is -2.34. The lowest BCUT2D eigenvalue weighted by molar-refractivity contribution is 0.0973. The normalized spacial score (nSPS) is 9.96. The first-order valence-corrected chi connectivity index (χ1v) is 9.22. The van der Waals surface area contributed by atoms with Crippen molar-refractivity contribution in [1.82, 2.24) is 5.32 Å². The van der Waals surface area contributed by atoms with E-state index in [-0.39, 0.29) is 11.0 Å². The Hall–Kier alpha value is -2.86. The highest BCUT2D eigenvalue weighted by Gasteiger charge is 2.13. The Morgan fingerprint density at radius 3 is 2.78 bits per heavy atom. The molecule has 0 aliphatic heterocycles. The summed E-state index contributed by atoms with van der Waals surface area (Å²) in [5.74, 6) is 0.911. The summed E-state index contributed by atoms with van der Waals surface area (Å²) in [7, 11) is 0. The molecular formula is C21H24N2O3S. The molecule has 2 aromatic rings. The molecule has 0 aromatic heterocycles. The number of rotatable bonds is 9. The smallest absolute Gasteiger partial charge is 0.261 e. The predicted octanol–water partition coefficient (Wildman–Crippen LogP) is 4.56. The van der Waals surface area contributed by atoms with Crippen molar-refractivity contribution >= 4 is 28.9 Å². The number of para-hydroxylation sites is 1. The van der Waals surface area contributed by atoms with Gasteiger partial charge in [-0.2, -0.15) is 0 Å². The molecule has 2 aromatic carbocycles. The van der Waals surface area contributed by atoms with Crippen LogP contribution in [0.2, 0.25) is 0 Å². The monoisotopic (exact) mass is 384 g/mol. The van der Waals surface area contributed by atoms with E-state index in [0.717, 1.165) is 12.8 Å². The summed E-state index contributed by atoms with van der Waals surface area (Å²) in [6.45, 7) is 6.69. The Kier molecular flexibility index (Phi) is 8.32. The van der Waals surface area contributed by atoms with Crippen LogP contribution in [0.3, 0.4) is 0 Å². The number of hydrogen-bond donors (Lipinski definition) is 2. The quantitative estimate of drug-likeness (QED) is 0.377. The second kappa shape index (κ2) is 11.0. The summed E-state index contributed by atoms with van der Waals surface area (Å²) in [4.78, 5) is 12.6. The highest BCUT2D eigenvalue weighted by molar-refractivity contribution is 7.80. The first kappa shape index (κ1) is 20.5. The molecule has 0 saturated heterocycles. The zero-order valence-electron chi connectivity index (χ0n) is 15.4. The van der Waals surface area contributed by atoms with Gasteiger partial charge in [-0.05, 0) is 42.9 Å². The molecule has 0 bridgehead atoms. The predicted molar refractivity (Wildman–Crippen MR) is 113 cm³/mol. The van der Waals surface area contributed by atoms with E-state index in [1.807, 2.05) is 24.3 Å². The van der Waals surface area contributed by atoms with E-state index < -0.39 is 0 Å². The first-order chi connectivity index (χ1) is 13.1. The second-order valence-electron chi connectivity index (χ2n) is 5.73. The molecule has 0 spiro atoms. The van der Waals surface area contributed by atoms with Crippen molar-refractivity contribution in [2.75, 3.05) is 18.5 Å². The first-order valence-electron chi connectivity index (χ1n) is 8.82. The van der Waals surface area contributed by atoms with Crippen LogP contribution >= 0.6 is 12.2 Å². The van der Waals surface area contributed by atoms with Gasteiger partial charge in [-0.3, -0.25) is 10.1 Å². The van der Waals surface area contributed by atoms with Crippen molar-refractivity contribution in [2.24, 2.45) is 0 Å². The maximum absolute atomic E-state index is 12.6. The van der Waals surface area contributed by atoms with Gasteiger partial charge in [-0.1, -0.05) is 44.2 Å². The fourth-order valence-corrected chi connectivity index (χ4v) is 2.47. The summed E-state index contributed by atoms with van der Waals surface area (Å²) in [6.07, 6.45) is 3.63. The van der Waals surface area contributed by atoms with Crippen LogP contribution < -0.4 is 20.1 Å². The van der Waals surface area contributed by atoms with Gasteiger partial charge in [0.05, 0.1) is 12.2 Å². The molecule has 0 fully saturated rings. The Morgan fingerprint density at radius 2 is 2.00 bits per heavy atom. The number of amides is 1. The molecule has 2 N–H and O–H groups in total. The standard InChI is InChI=1S/C21H24N2O3S/c1-3-5-14-26-19-12-7-6-11-18(19)20(24)23-21(27)22-16-9-8-10-17(15-16)25-13-4-2/h4,6-12,15H,2-3,5,13-14H2,1H3,(H2,22,23,24,27). The maximum Gasteiger partial charge on any atom is 0.261 e. The van der Waals surface area contributed by atoms with Crippen molar-refractivity contribution in [1.29, 1.82) is 0 Å². The van der Waals surface area contributed by atoms with Crippen LogP contribution in [-0.2, 0) is 0 Å². The molecule has 0 radical (unpaired) electrons. The molecule has 6 heteroatoms. The molecule has 1 amide bonds. The molecule has 27 heavy (non-hydrogen) atoms. The number of ether oxygens (including phenoxy) is 2. The van der Waals surface area contributed by atoms with Gasteiger partial charge in [-0.25, -0.2) is 0 Å². The molecule has 0 atom stereocenters. The number of thiocarbonyl (C=S) groups is 1. The van der Waals surface area contributed by atoms with Crippen LogP contribution in [0.1, 0.15) is 30.1 Å². The summed E-state index contributed by atoms with van der Waals surface area (Å²) >= 11 is 5.25. The molecule has 0 aliphatic rings. The lowest BCUT2D eigenvalue weighted by Gasteiger charge is -2.13. The minimum atomic E-state index is -0.321. The molecule has 0 heterocycles. The Morgan fingerprint density at radius 1 is 1.19 bits per heavy atom. The van der Waals surface area contributed by atoms with E-state index in [2.05, 4.69) is 24.1 Å². The van der Waals surface area contributed by atoms with Crippen LogP contribution in [0, 0.1) is 0 Å². The van der Waals surface area contributed by atoms with Crippen molar-refractivity contribution in [3.05, 3.63) is 66.7 Å². The second-order valence-corrected chi connectivity index (χ2v) is 6.14. The van der Waals surface area contributed by atoms with E-state index >= 15 is 0 Å². The van der Waals surface area contributed by atoms with Crippen molar-refractivity contribution in [3.63, 3.8) is 0 Å². The van der Waals surface area contributed by atoms with Crippen LogP contribution in [0.4, 0.5) is 5.69 Å². The third kappa shape index (κ3) is 6.75. The molecular weight excluding hydrogens is 360 g/mol. The number of hydrogen-bond acceptors (Lipinski definition) is 4. The summed E-state index contributed by atoms with van der Waals surface area (Å²) in [5.41, 5.74) is 1.16. The number of unbranched alkanes of at least 4 members (excludes halogenated alkanes) is 1. The van der Waals surface area contributed by atoms with Crippen LogP contribution in [-0.4, -0.2) is 24.2 Å². The van der Waals surface area contributed by atoms with Crippen LogP contribution in [0.25, 0.3) is 0 Å². The molecule has 142 valence electrons. The number of carbonyl (C=O) groups excluding carboxylic acids is 1. The highest BCUT2D eigenvalue weighted by atomic mass is 32.1. The minimum Gasteiger partial charge on any atom is -0.493 e. The fourth-order valence-electron chi connectivity index (χ4n) is 2.26. The zero-order valence-corrected chi connectivity index (χ0v) is 16.2. The Labute approximate surface area is 165 Å². The fraction of sp³-hybridized carbons (Fsp3) is 0.238. The Balaban J connectivity index is 1.98. The van der Waals surface area contributed by atoms with Gasteiger partial charge in [0.2, 0.25) is 0 Å². The third-order valence-corrected chi connectivity index (χ3v) is 3.78. The summed E-state index contributed by atoms with van der Waals surface area (Å²) < 4.78 is 11.2. The van der Waals surface area contributed by atoms with Crippen molar-refractivity contribution in [2.45, 2.75) is 19.8 Å². The van der Waals surface area contributed by atoms with E-state index in [1.165, 1.54) is 0 Å². The van der Waals surface area contributed by atoms with E-state index in [0.29, 0.717) is 36.0 Å². The van der Waals surface area contributed by atoms with Gasteiger partial charge < -0.3 is 14.8 Å². The molecule has 0 saturated carbocycles. The van der Waals surface area contributed by atoms with Crippen molar-refractivity contribution in [3.8, 4) is 11.5 Å². The maximum atomic E-state index is 12.6. The van der Waals surface area contributed by atoms with Gasteiger partial charge >= 0.3 is 0 Å². The van der Waals surface area contributed by atoms with Gasteiger partial charge in [0.25, 0.3) is 5.91 Å².